The minimum Gasteiger partial charge on any atom is -1.00 e. The van der Waals surface area contributed by atoms with Crippen molar-refractivity contribution in [2.45, 2.75) is 6.42 Å². The zero-order valence-electron chi connectivity index (χ0n) is 7.50. The maximum atomic E-state index is 3.15. The topological polar surface area (TPSA) is 0 Å². The Labute approximate surface area is 116 Å². The number of allylic oxidation sites excluding steroid dienone is 4. The van der Waals surface area contributed by atoms with E-state index in [9.17, 15) is 0 Å². The van der Waals surface area contributed by atoms with Crippen LogP contribution in [0.2, 0.25) is 0 Å². The van der Waals surface area contributed by atoms with Crippen molar-refractivity contribution in [3.05, 3.63) is 54.1 Å². The summed E-state index contributed by atoms with van der Waals surface area (Å²) in [6, 6.07) is 10.4. The summed E-state index contributed by atoms with van der Waals surface area (Å²) in [7, 11) is 0. The third-order valence-corrected chi connectivity index (χ3v) is 1.80. The molecular weight excluding hydrogens is 382 g/mol. The first-order chi connectivity index (χ1) is 5.47. The van der Waals surface area contributed by atoms with Crippen LogP contribution >= 0.6 is 0 Å². The summed E-state index contributed by atoms with van der Waals surface area (Å²) in [4.78, 5) is 0. The Bertz CT molecular complexity index is 304. The van der Waals surface area contributed by atoms with E-state index < -0.39 is 0 Å². The van der Waals surface area contributed by atoms with Gasteiger partial charge in [-0.2, -0.15) is 11.6 Å². The van der Waals surface area contributed by atoms with Gasteiger partial charge in [0.1, 0.15) is 0 Å². The van der Waals surface area contributed by atoms with Crippen LogP contribution in [0.5, 0.6) is 0 Å². The van der Waals surface area contributed by atoms with E-state index >= 15 is 0 Å². The van der Waals surface area contributed by atoms with Gasteiger partial charge in [0.15, 0.2) is 0 Å². The van der Waals surface area contributed by atoms with Crippen molar-refractivity contribution in [1.82, 2.24) is 0 Å². The molecule has 1 aliphatic carbocycles. The first kappa shape index (κ1) is 16.6. The fraction of sp³-hybridized carbons (Fsp3) is 0.0909. The minimum atomic E-state index is 0. The molecule has 0 nitrogen and oxygen atoms in total. The smallest absolute Gasteiger partial charge is 0 e. The van der Waals surface area contributed by atoms with Crippen LogP contribution < -0.4 is 24.8 Å². The summed E-state index contributed by atoms with van der Waals surface area (Å²) >= 11 is 0. The molecule has 2 rings (SSSR count). The van der Waals surface area contributed by atoms with Gasteiger partial charge in [-0.15, -0.1) is 12.0 Å². The molecule has 0 fully saturated rings. The summed E-state index contributed by atoms with van der Waals surface area (Å²) in [6.07, 6.45) is 8.36. The predicted octanol–water partition coefficient (Wildman–Crippen LogP) is -3.16. The van der Waals surface area contributed by atoms with Crippen LogP contribution in [0.15, 0.2) is 42.5 Å². The van der Waals surface area contributed by atoms with E-state index in [1.165, 1.54) is 11.1 Å². The second kappa shape index (κ2) is 8.46. The molecule has 0 bridgehead atoms. The molecule has 0 spiro atoms. The van der Waals surface area contributed by atoms with Gasteiger partial charge in [0.2, 0.25) is 0 Å². The van der Waals surface area contributed by atoms with Crippen molar-refractivity contribution in [2.24, 2.45) is 0 Å². The minimum absolute atomic E-state index is 0. The predicted molar refractivity (Wildman–Crippen MR) is 46.8 cm³/mol. The van der Waals surface area contributed by atoms with Gasteiger partial charge in [-0.05, 0) is 0 Å². The standard InChI is InChI=1S/C11H9.2ClH.Hf/c1-2-6-10(7-3-1)11-8-4-5-9-11;;;/h1-3,6-9H,4H2;2*1H;/q-1;;;/p-2. The molecule has 14 heavy (non-hydrogen) atoms. The summed E-state index contributed by atoms with van der Waals surface area (Å²) in [6.45, 7) is 0. The van der Waals surface area contributed by atoms with Crippen LogP contribution in [-0.2, 0) is 25.8 Å². The molecule has 0 aromatic heterocycles. The number of halogens is 2. The SMILES string of the molecule is [C-]1=CC(c2ccccc2)=CC1.[Cl-].[Cl-].[Hf]. The van der Waals surface area contributed by atoms with E-state index in [1.807, 2.05) is 6.07 Å². The van der Waals surface area contributed by atoms with E-state index in [2.05, 4.69) is 42.5 Å². The Balaban J connectivity index is 0. The molecule has 74 valence electrons. The molecule has 0 heterocycles. The zero-order valence-corrected chi connectivity index (χ0v) is 12.6. The first-order valence-corrected chi connectivity index (χ1v) is 3.79. The van der Waals surface area contributed by atoms with Crippen molar-refractivity contribution < 1.29 is 50.7 Å². The fourth-order valence-corrected chi connectivity index (χ4v) is 1.23. The first-order valence-electron chi connectivity index (χ1n) is 3.79. The molecule has 0 saturated heterocycles. The number of hydrogen-bond acceptors (Lipinski definition) is 0. The third kappa shape index (κ3) is 4.12. The van der Waals surface area contributed by atoms with Crippen molar-refractivity contribution in [2.75, 3.05) is 0 Å². The van der Waals surface area contributed by atoms with Crippen molar-refractivity contribution in [3.8, 4) is 0 Å². The quantitative estimate of drug-likeness (QED) is 0.351. The van der Waals surface area contributed by atoms with Crippen molar-refractivity contribution in [3.63, 3.8) is 0 Å². The summed E-state index contributed by atoms with van der Waals surface area (Å²) in [5.74, 6) is 0. The van der Waals surface area contributed by atoms with Gasteiger partial charge in [0, 0.05) is 25.8 Å². The summed E-state index contributed by atoms with van der Waals surface area (Å²) in [5.41, 5.74) is 2.59. The summed E-state index contributed by atoms with van der Waals surface area (Å²) in [5, 5.41) is 0. The maximum absolute atomic E-state index is 3.15. The third-order valence-electron chi connectivity index (χ3n) is 1.80. The average molecular weight is 391 g/mol. The maximum Gasteiger partial charge on any atom is 0 e. The van der Waals surface area contributed by atoms with E-state index in [-0.39, 0.29) is 50.7 Å². The van der Waals surface area contributed by atoms with Gasteiger partial charge in [0.05, 0.1) is 0 Å². The molecule has 1 aromatic carbocycles. The van der Waals surface area contributed by atoms with E-state index in [0.717, 1.165) is 6.42 Å². The largest absolute Gasteiger partial charge is 1.00 e. The zero-order chi connectivity index (χ0) is 7.52. The molecule has 3 heteroatoms. The van der Waals surface area contributed by atoms with Gasteiger partial charge >= 0.3 is 0 Å². The van der Waals surface area contributed by atoms with Gasteiger partial charge in [-0.1, -0.05) is 30.3 Å². The molecule has 0 atom stereocenters. The molecule has 1 aromatic rings. The monoisotopic (exact) mass is 391 g/mol. The van der Waals surface area contributed by atoms with Crippen LogP contribution in [0.3, 0.4) is 0 Å². The molecule has 0 radical (unpaired) electrons. The Morgan fingerprint density at radius 2 is 1.64 bits per heavy atom. The number of benzene rings is 1. The number of rotatable bonds is 1. The Morgan fingerprint density at radius 3 is 2.14 bits per heavy atom. The number of hydrogen-bond donors (Lipinski definition) is 0. The van der Waals surface area contributed by atoms with Gasteiger partial charge in [-0.3, -0.25) is 6.08 Å². The van der Waals surface area contributed by atoms with Crippen LogP contribution in [0.1, 0.15) is 12.0 Å². The van der Waals surface area contributed by atoms with Gasteiger partial charge in [0.25, 0.3) is 0 Å². The van der Waals surface area contributed by atoms with Gasteiger partial charge in [-0.25, -0.2) is 6.08 Å². The van der Waals surface area contributed by atoms with Crippen LogP contribution in [0, 0.1) is 6.08 Å². The molecule has 0 saturated carbocycles. The van der Waals surface area contributed by atoms with E-state index in [0.29, 0.717) is 0 Å². The van der Waals surface area contributed by atoms with E-state index in [4.69, 9.17) is 0 Å². The van der Waals surface area contributed by atoms with Crippen LogP contribution in [-0.4, -0.2) is 0 Å². The molecule has 0 unspecified atom stereocenters. The summed E-state index contributed by atoms with van der Waals surface area (Å²) < 4.78 is 0. The van der Waals surface area contributed by atoms with Crippen molar-refractivity contribution >= 4 is 5.57 Å². The van der Waals surface area contributed by atoms with Crippen molar-refractivity contribution in [1.29, 1.82) is 0 Å². The second-order valence-corrected chi connectivity index (χ2v) is 2.58. The molecule has 0 amide bonds. The fourth-order valence-electron chi connectivity index (χ4n) is 1.23. The molecule has 0 N–H and O–H groups in total. The van der Waals surface area contributed by atoms with Crippen LogP contribution in [0.4, 0.5) is 0 Å². The Kier molecular flexibility index (Phi) is 10.0. The molecule has 1 aliphatic rings. The second-order valence-electron chi connectivity index (χ2n) is 2.58. The molecular formula is C11H9Cl2Hf-3. The Morgan fingerprint density at radius 1 is 1.00 bits per heavy atom. The Hall–Kier alpha value is 0.150. The van der Waals surface area contributed by atoms with Crippen LogP contribution in [0.25, 0.3) is 5.57 Å². The normalized spacial score (nSPS) is 11.9. The van der Waals surface area contributed by atoms with Gasteiger partial charge < -0.3 is 24.8 Å². The molecule has 0 aliphatic heterocycles. The van der Waals surface area contributed by atoms with E-state index in [1.54, 1.807) is 0 Å². The average Bonchev–Trinajstić information content (AvgIpc) is 2.58.